The fraction of sp³-hybridized carbons (Fsp3) is 0.148. The highest BCUT2D eigenvalue weighted by atomic mass is 16.5. The van der Waals surface area contributed by atoms with Gasteiger partial charge in [0.2, 0.25) is 0 Å². The van der Waals surface area contributed by atoms with Gasteiger partial charge < -0.3 is 15.8 Å². The lowest BCUT2D eigenvalue weighted by Gasteiger charge is -2.18. The molecule has 0 spiro atoms. The first kappa shape index (κ1) is 22.2. The van der Waals surface area contributed by atoms with E-state index in [1.54, 1.807) is 54.9 Å². The summed E-state index contributed by atoms with van der Waals surface area (Å²) in [5.74, 6) is -0.202. The topological polar surface area (TPSA) is 94.3 Å². The number of nitrogens with one attached hydrogen (secondary N) is 1. The number of fused-ring (bicyclic) bond motifs is 1. The van der Waals surface area contributed by atoms with E-state index in [4.69, 9.17) is 10.5 Å². The molecule has 1 aromatic heterocycles. The molecule has 1 atom stereocenters. The van der Waals surface area contributed by atoms with Crippen LogP contribution < -0.4 is 15.8 Å². The van der Waals surface area contributed by atoms with Gasteiger partial charge in [-0.15, -0.1) is 0 Å². The number of carbonyl (C=O) groups excluding carboxylic acids is 2. The molecule has 0 saturated carbocycles. The number of carbonyl (C=O) groups is 2. The van der Waals surface area contributed by atoms with Gasteiger partial charge in [0.25, 0.3) is 5.91 Å². The number of ether oxygens (including phenoxy) is 1. The second kappa shape index (κ2) is 9.63. The first-order valence-corrected chi connectivity index (χ1v) is 10.7. The summed E-state index contributed by atoms with van der Waals surface area (Å²) in [7, 11) is 0. The fourth-order valence-electron chi connectivity index (χ4n) is 3.77. The molecule has 0 unspecified atom stereocenters. The van der Waals surface area contributed by atoms with Crippen molar-refractivity contribution in [2.24, 2.45) is 5.73 Å². The van der Waals surface area contributed by atoms with Crippen molar-refractivity contribution < 1.29 is 14.3 Å². The molecule has 1 amide bonds. The van der Waals surface area contributed by atoms with Crippen molar-refractivity contribution in [1.82, 2.24) is 10.3 Å². The fourth-order valence-corrected chi connectivity index (χ4v) is 3.77. The van der Waals surface area contributed by atoms with Crippen molar-refractivity contribution in [3.8, 4) is 5.75 Å². The van der Waals surface area contributed by atoms with Crippen LogP contribution in [0.1, 0.15) is 43.4 Å². The number of aryl methyl sites for hydroxylation is 2. The standard InChI is InChI=1S/C27H25N3O3/c1-17-11-18(2)13-23(12-17)27(32)33-24-7-5-19(6-8-24)25(15-28)30-26(31)21-3-4-22-16-29-10-9-20(22)14-21/h3-14,16,25H,15,28H2,1-2H3,(H,30,31)/t25-/m1/s1. The van der Waals surface area contributed by atoms with Crippen LogP contribution in [0.2, 0.25) is 0 Å². The van der Waals surface area contributed by atoms with Crippen LogP contribution in [0.3, 0.4) is 0 Å². The number of rotatable bonds is 6. The number of benzene rings is 3. The Balaban J connectivity index is 1.44. The number of hydrogen-bond donors (Lipinski definition) is 2. The molecule has 0 bridgehead atoms. The zero-order valence-corrected chi connectivity index (χ0v) is 18.5. The van der Waals surface area contributed by atoms with Crippen LogP contribution in [0.15, 0.2) is 79.1 Å². The van der Waals surface area contributed by atoms with E-state index < -0.39 is 5.97 Å². The van der Waals surface area contributed by atoms with E-state index in [0.29, 0.717) is 16.9 Å². The SMILES string of the molecule is Cc1cc(C)cc(C(=O)Oc2ccc([C@@H](CN)NC(=O)c3ccc4cnccc4c3)cc2)c1. The van der Waals surface area contributed by atoms with E-state index in [-0.39, 0.29) is 18.5 Å². The molecule has 0 radical (unpaired) electrons. The minimum atomic E-state index is -0.412. The summed E-state index contributed by atoms with van der Waals surface area (Å²) >= 11 is 0. The number of nitrogens with zero attached hydrogens (tertiary/aromatic N) is 1. The molecule has 0 aliphatic heterocycles. The molecule has 6 nitrogen and oxygen atoms in total. The number of amides is 1. The Morgan fingerprint density at radius 1 is 0.909 bits per heavy atom. The van der Waals surface area contributed by atoms with Gasteiger partial charge in [-0.25, -0.2) is 4.79 Å². The maximum Gasteiger partial charge on any atom is 0.343 e. The molecule has 6 heteroatoms. The Hall–Kier alpha value is -4.03. The predicted molar refractivity (Wildman–Crippen MR) is 128 cm³/mol. The molecule has 3 aromatic carbocycles. The van der Waals surface area contributed by atoms with Gasteiger partial charge in [0.1, 0.15) is 5.75 Å². The minimum absolute atomic E-state index is 0.213. The molecule has 0 aliphatic rings. The summed E-state index contributed by atoms with van der Waals surface area (Å²) < 4.78 is 5.51. The number of esters is 1. The molecular weight excluding hydrogens is 414 g/mol. The van der Waals surface area contributed by atoms with E-state index in [9.17, 15) is 9.59 Å². The zero-order valence-electron chi connectivity index (χ0n) is 18.5. The van der Waals surface area contributed by atoms with Gasteiger partial charge in [0.05, 0.1) is 11.6 Å². The van der Waals surface area contributed by atoms with Gasteiger partial charge in [-0.05, 0) is 67.3 Å². The Bertz CT molecular complexity index is 1300. The third kappa shape index (κ3) is 5.25. The van der Waals surface area contributed by atoms with Crippen LogP contribution in [0.25, 0.3) is 10.8 Å². The smallest absolute Gasteiger partial charge is 0.343 e. The maximum absolute atomic E-state index is 12.8. The Labute approximate surface area is 192 Å². The number of pyridine rings is 1. The number of nitrogens with two attached hydrogens (primary N) is 1. The second-order valence-electron chi connectivity index (χ2n) is 8.03. The average molecular weight is 440 g/mol. The lowest BCUT2D eigenvalue weighted by Crippen LogP contribution is -2.33. The predicted octanol–water partition coefficient (Wildman–Crippen LogP) is 4.50. The molecule has 0 aliphatic carbocycles. The van der Waals surface area contributed by atoms with E-state index in [1.165, 1.54) is 0 Å². The lowest BCUT2D eigenvalue weighted by atomic mass is 10.0. The molecule has 0 saturated heterocycles. The minimum Gasteiger partial charge on any atom is -0.423 e. The van der Waals surface area contributed by atoms with Crippen molar-refractivity contribution in [1.29, 1.82) is 0 Å². The summed E-state index contributed by atoms with van der Waals surface area (Å²) in [4.78, 5) is 29.4. The summed E-state index contributed by atoms with van der Waals surface area (Å²) in [6.45, 7) is 4.11. The highest BCUT2D eigenvalue weighted by Crippen LogP contribution is 2.21. The largest absolute Gasteiger partial charge is 0.423 e. The van der Waals surface area contributed by atoms with Crippen LogP contribution in [-0.2, 0) is 0 Å². The van der Waals surface area contributed by atoms with E-state index in [1.807, 2.05) is 38.1 Å². The van der Waals surface area contributed by atoms with Crippen molar-refractivity contribution in [3.05, 3.63) is 107 Å². The lowest BCUT2D eigenvalue weighted by molar-refractivity contribution is 0.0734. The summed E-state index contributed by atoms with van der Waals surface area (Å²) in [5.41, 5.74) is 9.82. The monoisotopic (exact) mass is 439 g/mol. The van der Waals surface area contributed by atoms with Crippen LogP contribution in [-0.4, -0.2) is 23.4 Å². The third-order valence-corrected chi connectivity index (χ3v) is 5.39. The molecule has 0 fully saturated rings. The van der Waals surface area contributed by atoms with Gasteiger partial charge in [-0.2, -0.15) is 0 Å². The van der Waals surface area contributed by atoms with Gasteiger partial charge in [0, 0.05) is 29.9 Å². The Kier molecular flexibility index (Phi) is 6.47. The molecule has 166 valence electrons. The summed E-state index contributed by atoms with van der Waals surface area (Å²) in [5, 5.41) is 4.88. The highest BCUT2D eigenvalue weighted by molar-refractivity contribution is 5.98. The first-order chi connectivity index (χ1) is 15.9. The first-order valence-electron chi connectivity index (χ1n) is 10.7. The number of aromatic nitrogens is 1. The molecule has 33 heavy (non-hydrogen) atoms. The zero-order chi connectivity index (χ0) is 23.4. The van der Waals surface area contributed by atoms with Crippen LogP contribution >= 0.6 is 0 Å². The molecule has 4 rings (SSSR count). The van der Waals surface area contributed by atoms with Crippen molar-refractivity contribution in [2.75, 3.05) is 6.54 Å². The third-order valence-electron chi connectivity index (χ3n) is 5.39. The quantitative estimate of drug-likeness (QED) is 0.341. The summed E-state index contributed by atoms with van der Waals surface area (Å²) in [6.07, 6.45) is 3.45. The normalized spacial score (nSPS) is 11.7. The van der Waals surface area contributed by atoms with E-state index in [2.05, 4.69) is 10.3 Å². The van der Waals surface area contributed by atoms with E-state index >= 15 is 0 Å². The van der Waals surface area contributed by atoms with Gasteiger partial charge >= 0.3 is 5.97 Å². The average Bonchev–Trinajstić information content (AvgIpc) is 2.82. The molecule has 1 heterocycles. The molecule has 4 aromatic rings. The van der Waals surface area contributed by atoms with Crippen molar-refractivity contribution >= 4 is 22.6 Å². The molecule has 3 N–H and O–H groups in total. The number of hydrogen-bond acceptors (Lipinski definition) is 5. The Morgan fingerprint density at radius 3 is 2.33 bits per heavy atom. The van der Waals surface area contributed by atoms with Gasteiger partial charge in [0.15, 0.2) is 0 Å². The maximum atomic E-state index is 12.8. The van der Waals surface area contributed by atoms with Gasteiger partial charge in [-0.3, -0.25) is 9.78 Å². The highest BCUT2D eigenvalue weighted by Gasteiger charge is 2.16. The van der Waals surface area contributed by atoms with Crippen LogP contribution in [0, 0.1) is 13.8 Å². The second-order valence-corrected chi connectivity index (χ2v) is 8.03. The van der Waals surface area contributed by atoms with Crippen LogP contribution in [0.4, 0.5) is 0 Å². The molecular formula is C27H25N3O3. The Morgan fingerprint density at radius 2 is 1.64 bits per heavy atom. The van der Waals surface area contributed by atoms with E-state index in [0.717, 1.165) is 27.5 Å². The van der Waals surface area contributed by atoms with Crippen LogP contribution in [0.5, 0.6) is 5.75 Å². The summed E-state index contributed by atoms with van der Waals surface area (Å²) in [6, 6.07) is 19.6. The van der Waals surface area contributed by atoms with Crippen molar-refractivity contribution in [2.45, 2.75) is 19.9 Å². The van der Waals surface area contributed by atoms with Gasteiger partial charge in [-0.1, -0.05) is 35.4 Å². The van der Waals surface area contributed by atoms with Crippen molar-refractivity contribution in [3.63, 3.8) is 0 Å².